The minimum atomic E-state index is -0.167. The first-order valence-electron chi connectivity index (χ1n) is 9.37. The Morgan fingerprint density at radius 3 is 2.45 bits per heavy atom. The Balaban J connectivity index is 1.40. The number of hydrogen-bond acceptors (Lipinski definition) is 4. The van der Waals surface area contributed by atoms with Crippen LogP contribution in [-0.2, 0) is 31.4 Å². The van der Waals surface area contributed by atoms with Gasteiger partial charge in [-0.25, -0.2) is 4.68 Å². The van der Waals surface area contributed by atoms with E-state index in [4.69, 9.17) is 0 Å². The van der Waals surface area contributed by atoms with Gasteiger partial charge in [-0.1, -0.05) is 42.5 Å². The molecule has 0 aliphatic carbocycles. The van der Waals surface area contributed by atoms with Crippen LogP contribution < -0.4 is 10.9 Å². The summed E-state index contributed by atoms with van der Waals surface area (Å²) >= 11 is 0. The van der Waals surface area contributed by atoms with Crippen LogP contribution in [0.3, 0.4) is 0 Å². The summed E-state index contributed by atoms with van der Waals surface area (Å²) < 4.78 is 3.14. The third-order valence-corrected chi connectivity index (χ3v) is 4.78. The van der Waals surface area contributed by atoms with Crippen molar-refractivity contribution in [3.05, 3.63) is 94.2 Å². The van der Waals surface area contributed by atoms with E-state index in [0.29, 0.717) is 29.6 Å². The molecule has 7 nitrogen and oxygen atoms in total. The molecular weight excluding hydrogens is 366 g/mol. The molecule has 0 radical (unpaired) electrons. The summed E-state index contributed by atoms with van der Waals surface area (Å²) in [5.74, 6) is -0.137. The van der Waals surface area contributed by atoms with Gasteiger partial charge in [-0.2, -0.15) is 10.2 Å². The summed E-state index contributed by atoms with van der Waals surface area (Å²) in [6.07, 6.45) is 3.80. The monoisotopic (exact) mass is 387 g/mol. The molecule has 146 valence electrons. The van der Waals surface area contributed by atoms with Crippen LogP contribution in [0.1, 0.15) is 16.8 Å². The molecule has 29 heavy (non-hydrogen) atoms. The van der Waals surface area contributed by atoms with E-state index in [1.165, 1.54) is 4.68 Å². The molecular formula is C22H21N5O2. The van der Waals surface area contributed by atoms with Gasteiger partial charge >= 0.3 is 0 Å². The van der Waals surface area contributed by atoms with Gasteiger partial charge < -0.3 is 5.32 Å². The molecule has 4 aromatic rings. The number of amides is 1. The maximum Gasteiger partial charge on any atom is 0.274 e. The van der Waals surface area contributed by atoms with Crippen LogP contribution in [0.4, 0.5) is 0 Å². The number of aromatic nitrogens is 4. The summed E-state index contributed by atoms with van der Waals surface area (Å²) in [4.78, 5) is 24.7. The molecule has 0 saturated heterocycles. The topological polar surface area (TPSA) is 81.8 Å². The SMILES string of the molecule is Cn1nc(CC(=O)NCc2ccc(Cn3cccn3)cc2)c2ccccc2c1=O. The molecule has 0 unspecified atom stereocenters. The van der Waals surface area contributed by atoms with E-state index >= 15 is 0 Å². The second-order valence-electron chi connectivity index (χ2n) is 6.89. The predicted molar refractivity (Wildman–Crippen MR) is 110 cm³/mol. The molecule has 0 saturated carbocycles. The summed E-state index contributed by atoms with van der Waals surface area (Å²) in [6.45, 7) is 1.15. The van der Waals surface area contributed by atoms with Crippen molar-refractivity contribution in [2.45, 2.75) is 19.5 Å². The first-order valence-corrected chi connectivity index (χ1v) is 9.37. The summed E-state index contributed by atoms with van der Waals surface area (Å²) in [6, 6.07) is 17.2. The molecule has 4 rings (SSSR count). The fourth-order valence-corrected chi connectivity index (χ4v) is 3.27. The highest BCUT2D eigenvalue weighted by Gasteiger charge is 2.12. The predicted octanol–water partition coefficient (Wildman–Crippen LogP) is 2.04. The Hall–Kier alpha value is -3.74. The molecule has 0 bridgehead atoms. The number of carbonyl (C=O) groups is 1. The van der Waals surface area contributed by atoms with Gasteiger partial charge in [0.05, 0.1) is 24.0 Å². The van der Waals surface area contributed by atoms with Gasteiger partial charge in [0, 0.05) is 31.4 Å². The first-order chi connectivity index (χ1) is 14.1. The normalized spacial score (nSPS) is 10.9. The maximum absolute atomic E-state index is 12.5. The number of rotatable bonds is 6. The zero-order valence-corrected chi connectivity index (χ0v) is 16.1. The molecule has 0 fully saturated rings. The minimum absolute atomic E-state index is 0.117. The van der Waals surface area contributed by atoms with Crippen LogP contribution >= 0.6 is 0 Å². The van der Waals surface area contributed by atoms with Crippen LogP contribution in [0.15, 0.2) is 71.8 Å². The molecule has 0 aliphatic heterocycles. The molecule has 0 spiro atoms. The number of aryl methyl sites for hydroxylation is 1. The van der Waals surface area contributed by atoms with Crippen molar-refractivity contribution >= 4 is 16.7 Å². The van der Waals surface area contributed by atoms with Crippen LogP contribution in [0.25, 0.3) is 10.8 Å². The first kappa shape index (κ1) is 18.6. The van der Waals surface area contributed by atoms with Gasteiger partial charge in [0.25, 0.3) is 5.56 Å². The standard InChI is InChI=1S/C22H21N5O2/c1-26-22(29)19-6-3-2-5-18(19)20(25-26)13-21(28)23-14-16-7-9-17(10-8-16)15-27-12-4-11-24-27/h2-12H,13-15H2,1H3,(H,23,28). The molecule has 2 aromatic heterocycles. The Morgan fingerprint density at radius 2 is 1.72 bits per heavy atom. The molecule has 1 N–H and O–H groups in total. The number of hydrogen-bond donors (Lipinski definition) is 1. The van der Waals surface area contributed by atoms with Gasteiger partial charge in [-0.05, 0) is 23.3 Å². The number of fused-ring (bicyclic) bond motifs is 1. The van der Waals surface area contributed by atoms with E-state index in [-0.39, 0.29) is 17.9 Å². The average molecular weight is 387 g/mol. The summed E-state index contributed by atoms with van der Waals surface area (Å²) in [5.41, 5.74) is 2.58. The second kappa shape index (κ2) is 8.10. The van der Waals surface area contributed by atoms with Gasteiger partial charge in [0.1, 0.15) is 0 Å². The lowest BCUT2D eigenvalue weighted by molar-refractivity contribution is -0.120. The smallest absolute Gasteiger partial charge is 0.274 e. The average Bonchev–Trinajstić information content (AvgIpc) is 3.24. The van der Waals surface area contributed by atoms with Crippen molar-refractivity contribution in [3.8, 4) is 0 Å². The zero-order chi connectivity index (χ0) is 20.2. The van der Waals surface area contributed by atoms with Crippen molar-refractivity contribution in [1.82, 2.24) is 24.9 Å². The van der Waals surface area contributed by atoms with Gasteiger partial charge in [0.15, 0.2) is 0 Å². The molecule has 0 atom stereocenters. The van der Waals surface area contributed by atoms with Crippen LogP contribution in [-0.4, -0.2) is 25.5 Å². The zero-order valence-electron chi connectivity index (χ0n) is 16.1. The molecule has 0 aliphatic rings. The number of benzene rings is 2. The number of nitrogens with one attached hydrogen (secondary N) is 1. The summed E-state index contributed by atoms with van der Waals surface area (Å²) in [7, 11) is 1.60. The maximum atomic E-state index is 12.5. The highest BCUT2D eigenvalue weighted by molar-refractivity contribution is 5.88. The third-order valence-electron chi connectivity index (χ3n) is 4.78. The van der Waals surface area contributed by atoms with Crippen molar-refractivity contribution in [2.24, 2.45) is 7.05 Å². The van der Waals surface area contributed by atoms with Gasteiger partial charge in [-0.15, -0.1) is 0 Å². The van der Waals surface area contributed by atoms with E-state index in [1.807, 2.05) is 59.4 Å². The van der Waals surface area contributed by atoms with E-state index in [1.54, 1.807) is 19.3 Å². The molecule has 2 aromatic carbocycles. The Bertz CT molecular complexity index is 1190. The highest BCUT2D eigenvalue weighted by atomic mass is 16.1. The van der Waals surface area contributed by atoms with Crippen LogP contribution in [0.5, 0.6) is 0 Å². The van der Waals surface area contributed by atoms with E-state index in [0.717, 1.165) is 11.1 Å². The quantitative estimate of drug-likeness (QED) is 0.549. The van der Waals surface area contributed by atoms with Crippen molar-refractivity contribution in [1.29, 1.82) is 0 Å². The van der Waals surface area contributed by atoms with Crippen molar-refractivity contribution in [2.75, 3.05) is 0 Å². The van der Waals surface area contributed by atoms with E-state index < -0.39 is 0 Å². The highest BCUT2D eigenvalue weighted by Crippen LogP contribution is 2.13. The van der Waals surface area contributed by atoms with Gasteiger partial charge in [0.2, 0.25) is 5.91 Å². The third kappa shape index (κ3) is 4.24. The second-order valence-corrected chi connectivity index (χ2v) is 6.89. The van der Waals surface area contributed by atoms with Crippen molar-refractivity contribution in [3.63, 3.8) is 0 Å². The Kier molecular flexibility index (Phi) is 5.20. The van der Waals surface area contributed by atoms with Gasteiger partial charge in [-0.3, -0.25) is 14.3 Å². The Morgan fingerprint density at radius 1 is 1.00 bits per heavy atom. The molecule has 2 heterocycles. The number of nitrogens with zero attached hydrogens (tertiary/aromatic N) is 4. The lowest BCUT2D eigenvalue weighted by Gasteiger charge is -2.09. The van der Waals surface area contributed by atoms with E-state index in [9.17, 15) is 9.59 Å². The van der Waals surface area contributed by atoms with Crippen molar-refractivity contribution < 1.29 is 4.79 Å². The van der Waals surface area contributed by atoms with Crippen LogP contribution in [0.2, 0.25) is 0 Å². The largest absolute Gasteiger partial charge is 0.352 e. The van der Waals surface area contributed by atoms with E-state index in [2.05, 4.69) is 15.5 Å². The molecule has 7 heteroatoms. The minimum Gasteiger partial charge on any atom is -0.352 e. The fraction of sp³-hybridized carbons (Fsp3) is 0.182. The molecule has 1 amide bonds. The lowest BCUT2D eigenvalue weighted by atomic mass is 10.1. The Labute approximate surface area is 167 Å². The lowest BCUT2D eigenvalue weighted by Crippen LogP contribution is -2.27. The summed E-state index contributed by atoms with van der Waals surface area (Å²) in [5, 5.41) is 12.7. The fourth-order valence-electron chi connectivity index (χ4n) is 3.27. The van der Waals surface area contributed by atoms with Crippen LogP contribution in [0, 0.1) is 0 Å². The number of carbonyl (C=O) groups excluding carboxylic acids is 1.